The maximum Gasteiger partial charge on any atom is 0.128 e. The number of nitrogens with zero attached hydrogens (tertiary/aromatic N) is 1. The molecule has 25 heavy (non-hydrogen) atoms. The molecule has 1 aliphatic rings. The van der Waals surface area contributed by atoms with E-state index in [0.29, 0.717) is 18.2 Å². The van der Waals surface area contributed by atoms with E-state index in [1.54, 1.807) is 6.07 Å². The molecule has 2 aromatic rings. The van der Waals surface area contributed by atoms with Crippen molar-refractivity contribution in [2.24, 2.45) is 5.73 Å². The third kappa shape index (κ3) is 5.53. The molecule has 1 aromatic heterocycles. The first-order chi connectivity index (χ1) is 12.0. The Kier molecular flexibility index (Phi) is 6.89. The van der Waals surface area contributed by atoms with Gasteiger partial charge < -0.3 is 26.3 Å². The number of fused-ring (bicyclic) bond motifs is 1. The molecule has 6 heteroatoms. The van der Waals surface area contributed by atoms with Crippen molar-refractivity contribution in [3.8, 4) is 0 Å². The first-order valence-corrected chi connectivity index (χ1v) is 8.49. The van der Waals surface area contributed by atoms with E-state index in [1.165, 1.54) is 12.6 Å². The fourth-order valence-corrected chi connectivity index (χ4v) is 3.04. The van der Waals surface area contributed by atoms with Crippen molar-refractivity contribution in [3.63, 3.8) is 0 Å². The van der Waals surface area contributed by atoms with Crippen LogP contribution in [0.25, 0.3) is 10.9 Å². The van der Waals surface area contributed by atoms with Crippen LogP contribution < -0.4 is 16.4 Å². The molecule has 2 heterocycles. The van der Waals surface area contributed by atoms with Crippen LogP contribution in [0.15, 0.2) is 49.6 Å². The normalized spacial score (nSPS) is 17.4. The fourth-order valence-electron chi connectivity index (χ4n) is 3.04. The van der Waals surface area contributed by atoms with E-state index in [0.717, 1.165) is 36.2 Å². The Morgan fingerprint density at radius 1 is 1.52 bits per heavy atom. The van der Waals surface area contributed by atoms with E-state index >= 15 is 0 Å². The minimum Gasteiger partial charge on any atom is -0.405 e. The van der Waals surface area contributed by atoms with Crippen molar-refractivity contribution in [3.05, 3.63) is 61.0 Å². The molecule has 5 nitrogen and oxygen atoms in total. The summed E-state index contributed by atoms with van der Waals surface area (Å²) in [6, 6.07) is 5.69. The van der Waals surface area contributed by atoms with E-state index in [1.807, 2.05) is 18.3 Å². The third-order valence-electron chi connectivity index (χ3n) is 4.22. The SMILES string of the molecule is C=C(NCc1cc2[nH]ccc2cc1F)NC1CCCN(C)C1.C=CN. The quantitative estimate of drug-likeness (QED) is 0.672. The second-order valence-corrected chi connectivity index (χ2v) is 6.32. The zero-order valence-corrected chi connectivity index (χ0v) is 14.8. The van der Waals surface area contributed by atoms with Gasteiger partial charge in [-0.1, -0.05) is 13.2 Å². The predicted octanol–water partition coefficient (Wildman–Crippen LogP) is 2.64. The average Bonchev–Trinajstić information content (AvgIpc) is 3.00. The molecule has 5 N–H and O–H groups in total. The number of piperidine rings is 1. The van der Waals surface area contributed by atoms with Gasteiger partial charge in [0.2, 0.25) is 0 Å². The molecule has 1 unspecified atom stereocenters. The Labute approximate surface area is 148 Å². The van der Waals surface area contributed by atoms with Gasteiger partial charge in [-0.2, -0.15) is 0 Å². The van der Waals surface area contributed by atoms with Crippen LogP contribution in [-0.4, -0.2) is 36.1 Å². The van der Waals surface area contributed by atoms with Crippen molar-refractivity contribution in [2.75, 3.05) is 20.1 Å². The molecule has 0 bridgehead atoms. The number of nitrogens with two attached hydrogens (primary N) is 1. The van der Waals surface area contributed by atoms with Gasteiger partial charge in [-0.3, -0.25) is 0 Å². The number of benzene rings is 1. The summed E-state index contributed by atoms with van der Waals surface area (Å²) in [6.07, 6.45) is 5.41. The van der Waals surface area contributed by atoms with Crippen molar-refractivity contribution < 1.29 is 4.39 Å². The summed E-state index contributed by atoms with van der Waals surface area (Å²) in [4.78, 5) is 5.42. The third-order valence-corrected chi connectivity index (χ3v) is 4.22. The molecule has 0 aliphatic carbocycles. The molecule has 136 valence electrons. The lowest BCUT2D eigenvalue weighted by molar-refractivity contribution is 0.233. The van der Waals surface area contributed by atoms with Crippen molar-refractivity contribution >= 4 is 10.9 Å². The van der Waals surface area contributed by atoms with Crippen LogP contribution in [0, 0.1) is 5.82 Å². The molecule has 3 rings (SSSR count). The molecule has 0 spiro atoms. The predicted molar refractivity (Wildman–Crippen MR) is 102 cm³/mol. The molecule has 0 saturated carbocycles. The summed E-state index contributed by atoms with van der Waals surface area (Å²) in [5.74, 6) is 0.566. The average molecular weight is 345 g/mol. The Morgan fingerprint density at radius 2 is 2.28 bits per heavy atom. The standard InChI is InChI=1S/C17H23FN4.C2H5N/c1-12(21-15-4-3-7-22(2)11-15)20-10-14-9-17-13(5-6-19-17)8-16(14)18;1-2-3/h5-6,8-9,15,19-21H,1,3-4,7,10-11H2,2H3;2H,1,3H2. The Bertz CT molecular complexity index is 709. The molecule has 1 saturated heterocycles. The monoisotopic (exact) mass is 345 g/mol. The second kappa shape index (κ2) is 9.13. The number of likely N-dealkylation sites (tertiary alicyclic amines) is 1. The lowest BCUT2D eigenvalue weighted by Gasteiger charge is -2.31. The van der Waals surface area contributed by atoms with E-state index in [4.69, 9.17) is 0 Å². The highest BCUT2D eigenvalue weighted by molar-refractivity contribution is 5.80. The van der Waals surface area contributed by atoms with Crippen LogP contribution in [-0.2, 0) is 6.54 Å². The van der Waals surface area contributed by atoms with Crippen molar-refractivity contribution in [1.29, 1.82) is 0 Å². The highest BCUT2D eigenvalue weighted by atomic mass is 19.1. The van der Waals surface area contributed by atoms with Crippen LogP contribution >= 0.6 is 0 Å². The first-order valence-electron chi connectivity index (χ1n) is 8.49. The van der Waals surface area contributed by atoms with Gasteiger partial charge in [0.15, 0.2) is 0 Å². The number of halogens is 1. The fraction of sp³-hybridized carbons (Fsp3) is 0.368. The van der Waals surface area contributed by atoms with Crippen LogP contribution in [0.5, 0.6) is 0 Å². The maximum absolute atomic E-state index is 14.0. The van der Waals surface area contributed by atoms with Crippen LogP contribution in [0.1, 0.15) is 18.4 Å². The largest absolute Gasteiger partial charge is 0.405 e. The molecule has 1 aromatic carbocycles. The highest BCUT2D eigenvalue weighted by Gasteiger charge is 2.17. The molecule has 1 atom stereocenters. The van der Waals surface area contributed by atoms with Gasteiger partial charge in [0, 0.05) is 41.8 Å². The van der Waals surface area contributed by atoms with E-state index in [-0.39, 0.29) is 5.82 Å². The van der Waals surface area contributed by atoms with Crippen molar-refractivity contribution in [1.82, 2.24) is 20.5 Å². The van der Waals surface area contributed by atoms with Crippen LogP contribution in [0.4, 0.5) is 4.39 Å². The van der Waals surface area contributed by atoms with Gasteiger partial charge in [0.25, 0.3) is 0 Å². The zero-order valence-electron chi connectivity index (χ0n) is 14.8. The molecule has 1 fully saturated rings. The van der Waals surface area contributed by atoms with Gasteiger partial charge >= 0.3 is 0 Å². The molecule has 0 amide bonds. The summed E-state index contributed by atoms with van der Waals surface area (Å²) in [5.41, 5.74) is 6.20. The summed E-state index contributed by atoms with van der Waals surface area (Å²) < 4.78 is 14.0. The van der Waals surface area contributed by atoms with Crippen LogP contribution in [0.3, 0.4) is 0 Å². The highest BCUT2D eigenvalue weighted by Crippen LogP contribution is 2.18. The van der Waals surface area contributed by atoms with Gasteiger partial charge in [-0.25, -0.2) is 4.39 Å². The van der Waals surface area contributed by atoms with E-state index < -0.39 is 0 Å². The zero-order chi connectivity index (χ0) is 18.2. The number of H-pyrrole nitrogens is 1. The van der Waals surface area contributed by atoms with E-state index in [9.17, 15) is 4.39 Å². The lowest BCUT2D eigenvalue weighted by Crippen LogP contribution is -2.45. The molecular formula is C19H28FN5. The number of nitrogens with one attached hydrogen (secondary N) is 3. The Hall–Kier alpha value is -2.47. The summed E-state index contributed by atoms with van der Waals surface area (Å²) in [6.45, 7) is 9.73. The molecular weight excluding hydrogens is 317 g/mol. The topological polar surface area (TPSA) is 69.1 Å². The first kappa shape index (κ1) is 18.9. The number of likely N-dealkylation sites (N-methyl/N-ethyl adjacent to an activating group) is 1. The summed E-state index contributed by atoms with van der Waals surface area (Å²) in [5, 5.41) is 7.47. The second-order valence-electron chi connectivity index (χ2n) is 6.32. The Balaban J connectivity index is 0.000000701. The maximum atomic E-state index is 14.0. The number of aromatic nitrogens is 1. The minimum atomic E-state index is -0.190. The van der Waals surface area contributed by atoms with Crippen LogP contribution in [0.2, 0.25) is 0 Å². The minimum absolute atomic E-state index is 0.190. The van der Waals surface area contributed by atoms with E-state index in [2.05, 4.69) is 46.5 Å². The lowest BCUT2D eigenvalue weighted by atomic mass is 10.1. The number of rotatable bonds is 5. The van der Waals surface area contributed by atoms with Crippen molar-refractivity contribution in [2.45, 2.75) is 25.4 Å². The molecule has 1 aliphatic heterocycles. The number of hydrogen-bond donors (Lipinski definition) is 4. The summed E-state index contributed by atoms with van der Waals surface area (Å²) in [7, 11) is 2.13. The Morgan fingerprint density at radius 3 is 3.00 bits per heavy atom. The van der Waals surface area contributed by atoms with Gasteiger partial charge in [-0.15, -0.1) is 0 Å². The number of aromatic amines is 1. The number of hydrogen-bond acceptors (Lipinski definition) is 4. The summed E-state index contributed by atoms with van der Waals surface area (Å²) >= 11 is 0. The smallest absolute Gasteiger partial charge is 0.128 e. The van der Waals surface area contributed by atoms with Gasteiger partial charge in [-0.05, 0) is 50.8 Å². The molecule has 0 radical (unpaired) electrons. The van der Waals surface area contributed by atoms with Gasteiger partial charge in [0.05, 0.1) is 5.82 Å². The van der Waals surface area contributed by atoms with Gasteiger partial charge in [0.1, 0.15) is 5.82 Å².